The van der Waals surface area contributed by atoms with Gasteiger partial charge in [-0.05, 0) is 99.3 Å². The lowest BCUT2D eigenvalue weighted by molar-refractivity contribution is 0.102. The number of piperidine rings is 1. The Morgan fingerprint density at radius 3 is 2.26 bits per heavy atom. The van der Waals surface area contributed by atoms with Crippen molar-refractivity contribution < 1.29 is 14.6 Å². The average Bonchev–Trinajstić information content (AvgIpc) is 2.86. The van der Waals surface area contributed by atoms with Crippen LogP contribution in [0.1, 0.15) is 42.6 Å². The molecule has 1 fully saturated rings. The van der Waals surface area contributed by atoms with Gasteiger partial charge in [0.05, 0.1) is 0 Å². The highest BCUT2D eigenvalue weighted by Crippen LogP contribution is 2.26. The lowest BCUT2D eigenvalue weighted by atomic mass is 10.0. The molecule has 0 bridgehead atoms. The number of amides is 1. The molecule has 1 aliphatic heterocycles. The molecule has 0 aliphatic carbocycles. The number of hydrogen-bond donors (Lipinski definition) is 2. The van der Waals surface area contributed by atoms with E-state index in [9.17, 15) is 9.90 Å². The first-order valence-corrected chi connectivity index (χ1v) is 12.2. The number of carbonyl (C=O) groups is 1. The van der Waals surface area contributed by atoms with Gasteiger partial charge in [0.15, 0.2) is 0 Å². The van der Waals surface area contributed by atoms with Crippen LogP contribution >= 0.6 is 0 Å². The molecule has 0 radical (unpaired) electrons. The number of ether oxygens (including phenoxy) is 1. The lowest BCUT2D eigenvalue weighted by Crippen LogP contribution is -2.35. The van der Waals surface area contributed by atoms with Crippen LogP contribution in [-0.4, -0.2) is 42.2 Å². The summed E-state index contributed by atoms with van der Waals surface area (Å²) in [6.07, 6.45) is 5.03. The van der Waals surface area contributed by atoms with E-state index in [1.165, 1.54) is 5.57 Å². The second-order valence-electron chi connectivity index (χ2n) is 9.51. The van der Waals surface area contributed by atoms with E-state index in [4.69, 9.17) is 4.74 Å². The monoisotopic (exact) mass is 470 g/mol. The van der Waals surface area contributed by atoms with Crippen LogP contribution in [0.15, 0.2) is 78.4 Å². The second kappa shape index (κ2) is 11.2. The molecule has 5 heteroatoms. The first-order valence-electron chi connectivity index (χ1n) is 12.2. The summed E-state index contributed by atoms with van der Waals surface area (Å²) in [5.41, 5.74) is 5.31. The fourth-order valence-electron chi connectivity index (χ4n) is 4.17. The summed E-state index contributed by atoms with van der Waals surface area (Å²) in [5.74, 6) is 0.905. The molecule has 5 nitrogen and oxygen atoms in total. The van der Waals surface area contributed by atoms with Crippen molar-refractivity contribution in [1.29, 1.82) is 0 Å². The van der Waals surface area contributed by atoms with Crippen molar-refractivity contribution in [3.8, 4) is 22.6 Å². The highest BCUT2D eigenvalue weighted by molar-refractivity contribution is 6.04. The fraction of sp³-hybridized carbons (Fsp3) is 0.300. The largest absolute Gasteiger partial charge is 0.508 e. The number of phenols is 1. The summed E-state index contributed by atoms with van der Waals surface area (Å²) in [4.78, 5) is 15.1. The van der Waals surface area contributed by atoms with Gasteiger partial charge in [0.1, 0.15) is 17.6 Å². The van der Waals surface area contributed by atoms with Crippen molar-refractivity contribution in [1.82, 2.24) is 4.90 Å². The number of hydrogen-bond acceptors (Lipinski definition) is 4. The molecule has 0 unspecified atom stereocenters. The molecule has 1 heterocycles. The lowest BCUT2D eigenvalue weighted by Gasteiger charge is -2.29. The van der Waals surface area contributed by atoms with E-state index in [1.807, 2.05) is 56.3 Å². The predicted octanol–water partition coefficient (Wildman–Crippen LogP) is 6.29. The molecule has 1 amide bonds. The number of carbonyl (C=O) groups excluding carboxylic acids is 1. The topological polar surface area (TPSA) is 61.8 Å². The Hall–Kier alpha value is -3.57. The summed E-state index contributed by atoms with van der Waals surface area (Å²) in [5, 5.41) is 13.0. The minimum Gasteiger partial charge on any atom is -0.508 e. The highest BCUT2D eigenvalue weighted by Gasteiger charge is 2.18. The van der Waals surface area contributed by atoms with Crippen molar-refractivity contribution >= 4 is 11.6 Å². The summed E-state index contributed by atoms with van der Waals surface area (Å²) in [6.45, 7) is 6.18. The SMILES string of the molecule is CC(C)=CCc1cc(C(=O)Nc2ccc(-c3ccc(OC4CCN(C)CC4)cc3)cc2)ccc1O. The van der Waals surface area contributed by atoms with Gasteiger partial charge in [0.2, 0.25) is 0 Å². The van der Waals surface area contributed by atoms with Gasteiger partial charge in [-0.2, -0.15) is 0 Å². The van der Waals surface area contributed by atoms with Gasteiger partial charge < -0.3 is 20.1 Å². The maximum atomic E-state index is 12.8. The first-order chi connectivity index (χ1) is 16.9. The number of anilines is 1. The summed E-state index contributed by atoms with van der Waals surface area (Å²) in [6, 6.07) is 21.0. The van der Waals surface area contributed by atoms with Crippen molar-refractivity contribution in [2.24, 2.45) is 0 Å². The molecule has 35 heavy (non-hydrogen) atoms. The Bertz CT molecular complexity index is 1170. The van der Waals surface area contributed by atoms with Crippen LogP contribution in [0.25, 0.3) is 11.1 Å². The Morgan fingerprint density at radius 1 is 1.00 bits per heavy atom. The van der Waals surface area contributed by atoms with E-state index in [0.29, 0.717) is 12.0 Å². The predicted molar refractivity (Wildman–Crippen MR) is 142 cm³/mol. The molecule has 4 rings (SSSR count). The number of phenolic OH excluding ortho intramolecular Hbond substituents is 1. The molecule has 0 spiro atoms. The zero-order valence-electron chi connectivity index (χ0n) is 20.8. The molecular weight excluding hydrogens is 436 g/mol. The normalized spacial score (nSPS) is 14.4. The number of nitrogens with one attached hydrogen (secondary N) is 1. The summed E-state index contributed by atoms with van der Waals surface area (Å²) >= 11 is 0. The number of benzene rings is 3. The zero-order chi connectivity index (χ0) is 24.8. The fourth-order valence-corrected chi connectivity index (χ4v) is 4.17. The van der Waals surface area contributed by atoms with Crippen molar-refractivity contribution in [2.75, 3.05) is 25.5 Å². The molecule has 1 saturated heterocycles. The van der Waals surface area contributed by atoms with Crippen LogP contribution in [0, 0.1) is 0 Å². The number of allylic oxidation sites excluding steroid dienone is 2. The minimum absolute atomic E-state index is 0.200. The average molecular weight is 471 g/mol. The van der Waals surface area contributed by atoms with Gasteiger partial charge in [0, 0.05) is 24.3 Å². The van der Waals surface area contributed by atoms with Crippen LogP contribution < -0.4 is 10.1 Å². The van der Waals surface area contributed by atoms with Gasteiger partial charge in [0.25, 0.3) is 5.91 Å². The zero-order valence-corrected chi connectivity index (χ0v) is 20.8. The third kappa shape index (κ3) is 6.74. The van der Waals surface area contributed by atoms with Crippen molar-refractivity contribution in [3.05, 3.63) is 89.5 Å². The molecule has 3 aromatic carbocycles. The number of nitrogens with zero attached hydrogens (tertiary/aromatic N) is 1. The van der Waals surface area contributed by atoms with Crippen LogP contribution in [0.4, 0.5) is 5.69 Å². The molecule has 1 aliphatic rings. The molecule has 0 atom stereocenters. The van der Waals surface area contributed by atoms with E-state index in [1.54, 1.807) is 18.2 Å². The molecule has 2 N–H and O–H groups in total. The third-order valence-electron chi connectivity index (χ3n) is 6.37. The van der Waals surface area contributed by atoms with E-state index < -0.39 is 0 Å². The maximum absolute atomic E-state index is 12.8. The second-order valence-corrected chi connectivity index (χ2v) is 9.51. The highest BCUT2D eigenvalue weighted by atomic mass is 16.5. The third-order valence-corrected chi connectivity index (χ3v) is 6.37. The van der Waals surface area contributed by atoms with E-state index >= 15 is 0 Å². The van der Waals surface area contributed by atoms with Gasteiger partial charge in [-0.25, -0.2) is 0 Å². The van der Waals surface area contributed by atoms with E-state index in [2.05, 4.69) is 29.4 Å². The van der Waals surface area contributed by atoms with Crippen LogP contribution in [0.3, 0.4) is 0 Å². The Morgan fingerprint density at radius 2 is 1.63 bits per heavy atom. The van der Waals surface area contributed by atoms with Gasteiger partial charge in [-0.1, -0.05) is 35.9 Å². The van der Waals surface area contributed by atoms with E-state index in [-0.39, 0.29) is 17.8 Å². The minimum atomic E-state index is -0.202. The van der Waals surface area contributed by atoms with Crippen LogP contribution in [0.5, 0.6) is 11.5 Å². The smallest absolute Gasteiger partial charge is 0.255 e. The van der Waals surface area contributed by atoms with Gasteiger partial charge in [-0.3, -0.25) is 4.79 Å². The Labute approximate surface area is 208 Å². The van der Waals surface area contributed by atoms with Crippen LogP contribution in [-0.2, 0) is 6.42 Å². The molecule has 182 valence electrons. The number of likely N-dealkylation sites (tertiary alicyclic amines) is 1. The maximum Gasteiger partial charge on any atom is 0.255 e. The Balaban J connectivity index is 1.37. The molecule has 0 aromatic heterocycles. The molecule has 3 aromatic rings. The van der Waals surface area contributed by atoms with Crippen LogP contribution in [0.2, 0.25) is 0 Å². The van der Waals surface area contributed by atoms with Gasteiger partial charge >= 0.3 is 0 Å². The summed E-state index contributed by atoms with van der Waals surface area (Å²) in [7, 11) is 2.15. The molecule has 0 saturated carbocycles. The van der Waals surface area contributed by atoms with Crippen molar-refractivity contribution in [3.63, 3.8) is 0 Å². The Kier molecular flexibility index (Phi) is 7.88. The quantitative estimate of drug-likeness (QED) is 0.398. The molecular formula is C30H34N2O3. The number of rotatable bonds is 7. The standard InChI is InChI=1S/C30H34N2O3/c1-21(2)4-5-24-20-25(10-15-29(24)33)30(34)31-26-11-6-22(7-12-26)23-8-13-27(14-9-23)35-28-16-18-32(3)19-17-28/h4,6-15,20,28,33H,5,16-19H2,1-3H3,(H,31,34). The van der Waals surface area contributed by atoms with Crippen molar-refractivity contribution in [2.45, 2.75) is 39.2 Å². The number of aromatic hydroxyl groups is 1. The van der Waals surface area contributed by atoms with Gasteiger partial charge in [-0.15, -0.1) is 0 Å². The summed E-state index contributed by atoms with van der Waals surface area (Å²) < 4.78 is 6.15. The van der Waals surface area contributed by atoms with E-state index in [0.717, 1.165) is 54.1 Å². The first kappa shape index (κ1) is 24.6.